The van der Waals surface area contributed by atoms with Gasteiger partial charge in [-0.15, -0.1) is 0 Å². The summed E-state index contributed by atoms with van der Waals surface area (Å²) in [6.07, 6.45) is 1.61. The van der Waals surface area contributed by atoms with Crippen LogP contribution >= 0.6 is 0 Å². The Hall–Kier alpha value is -3.02. The second-order valence-electron chi connectivity index (χ2n) is 4.56. The predicted octanol–water partition coefficient (Wildman–Crippen LogP) is 2.04. The minimum absolute atomic E-state index is 0.0133. The van der Waals surface area contributed by atoms with Gasteiger partial charge in [0.25, 0.3) is 0 Å². The topological polar surface area (TPSA) is 100 Å². The van der Waals surface area contributed by atoms with E-state index in [0.717, 1.165) is 10.8 Å². The number of carboxylic acid groups (broad SMARTS) is 2. The Balaban J connectivity index is 2.30. The van der Waals surface area contributed by atoms with Gasteiger partial charge in [-0.25, -0.2) is 4.98 Å². The second kappa shape index (κ2) is 4.82. The lowest BCUT2D eigenvalue weighted by Crippen LogP contribution is -2.22. The minimum Gasteiger partial charge on any atom is -0.480 e. The molecule has 0 saturated heterocycles. The lowest BCUT2D eigenvalue weighted by atomic mass is 10.0. The number of benzene rings is 1. The fourth-order valence-corrected chi connectivity index (χ4v) is 2.26. The van der Waals surface area contributed by atoms with Crippen molar-refractivity contribution in [3.8, 4) is 0 Å². The van der Waals surface area contributed by atoms with Crippen LogP contribution in [0.1, 0.15) is 11.6 Å². The normalized spacial score (nSPS) is 11.1. The molecule has 0 atom stereocenters. The molecule has 0 unspecified atom stereocenters. The first kappa shape index (κ1) is 13.0. The number of aliphatic carboxylic acids is 2. The molecule has 0 aliphatic carbocycles. The zero-order valence-electron chi connectivity index (χ0n) is 10.7. The molecule has 0 aliphatic heterocycles. The van der Waals surface area contributed by atoms with Gasteiger partial charge in [0.1, 0.15) is 0 Å². The summed E-state index contributed by atoms with van der Waals surface area (Å²) in [7, 11) is 0. The van der Waals surface area contributed by atoms with E-state index in [1.54, 1.807) is 18.3 Å². The van der Waals surface area contributed by atoms with Gasteiger partial charge in [-0.2, -0.15) is 0 Å². The van der Waals surface area contributed by atoms with Gasteiger partial charge < -0.3 is 10.2 Å². The number of nitrogens with zero attached hydrogens (tertiary/aromatic N) is 2. The highest BCUT2D eigenvalue weighted by Crippen LogP contribution is 2.24. The lowest BCUT2D eigenvalue weighted by Gasteiger charge is -2.09. The first-order valence-electron chi connectivity index (χ1n) is 6.18. The Morgan fingerprint density at radius 3 is 2.19 bits per heavy atom. The molecule has 2 N–H and O–H groups in total. The van der Waals surface area contributed by atoms with Gasteiger partial charge in [-0.1, -0.05) is 24.3 Å². The van der Waals surface area contributed by atoms with Crippen molar-refractivity contribution in [3.05, 3.63) is 48.3 Å². The standard InChI is InChI=1S/C15H10N2O4/c18-14(19)11(15(20)21)10-6-5-9-4-3-8-2-1-7-16-12(8)13(9)17-10/h1-7,11H,(H,18,19)(H,20,21). The number of hydrogen-bond acceptors (Lipinski definition) is 4. The van der Waals surface area contributed by atoms with E-state index >= 15 is 0 Å². The Labute approximate surface area is 118 Å². The Bertz CT molecular complexity index is 862. The number of rotatable bonds is 3. The van der Waals surface area contributed by atoms with Crippen LogP contribution in [0.2, 0.25) is 0 Å². The van der Waals surface area contributed by atoms with Crippen molar-refractivity contribution in [2.75, 3.05) is 0 Å². The molecule has 3 rings (SSSR count). The van der Waals surface area contributed by atoms with Crippen molar-refractivity contribution in [1.82, 2.24) is 9.97 Å². The SMILES string of the molecule is O=C(O)C(C(=O)O)c1ccc2ccc3cccnc3c2n1. The summed E-state index contributed by atoms with van der Waals surface area (Å²) in [5.41, 5.74) is 1.10. The van der Waals surface area contributed by atoms with Crippen molar-refractivity contribution in [2.24, 2.45) is 0 Å². The Kier molecular flexibility index (Phi) is 2.98. The summed E-state index contributed by atoms with van der Waals surface area (Å²) in [5, 5.41) is 19.7. The average Bonchev–Trinajstić information content (AvgIpc) is 2.46. The van der Waals surface area contributed by atoms with Crippen LogP contribution in [-0.4, -0.2) is 32.1 Å². The fourth-order valence-electron chi connectivity index (χ4n) is 2.26. The zero-order chi connectivity index (χ0) is 15.0. The summed E-state index contributed by atoms with van der Waals surface area (Å²) in [5.74, 6) is -4.57. The monoisotopic (exact) mass is 282 g/mol. The molecule has 2 heterocycles. The number of carbonyl (C=O) groups is 2. The maximum absolute atomic E-state index is 11.1. The van der Waals surface area contributed by atoms with Crippen LogP contribution in [0.15, 0.2) is 42.6 Å². The number of carboxylic acids is 2. The lowest BCUT2D eigenvalue weighted by molar-refractivity contribution is -0.150. The largest absolute Gasteiger partial charge is 0.480 e. The van der Waals surface area contributed by atoms with Gasteiger partial charge in [-0.05, 0) is 12.1 Å². The van der Waals surface area contributed by atoms with Crippen LogP contribution in [-0.2, 0) is 9.59 Å². The highest BCUT2D eigenvalue weighted by molar-refractivity contribution is 6.04. The van der Waals surface area contributed by atoms with Crippen LogP contribution in [0, 0.1) is 0 Å². The van der Waals surface area contributed by atoms with E-state index in [0.29, 0.717) is 11.0 Å². The predicted molar refractivity (Wildman–Crippen MR) is 75.1 cm³/mol. The van der Waals surface area contributed by atoms with Gasteiger partial charge in [-0.3, -0.25) is 14.6 Å². The summed E-state index contributed by atoms with van der Waals surface area (Å²) < 4.78 is 0. The van der Waals surface area contributed by atoms with Crippen molar-refractivity contribution in [2.45, 2.75) is 5.92 Å². The molecular formula is C15H10N2O4. The van der Waals surface area contributed by atoms with Crippen molar-refractivity contribution in [3.63, 3.8) is 0 Å². The van der Waals surface area contributed by atoms with Crippen molar-refractivity contribution in [1.29, 1.82) is 0 Å². The molecule has 0 radical (unpaired) electrons. The van der Waals surface area contributed by atoms with Crippen molar-refractivity contribution >= 4 is 33.7 Å². The van der Waals surface area contributed by atoms with E-state index in [-0.39, 0.29) is 5.69 Å². The van der Waals surface area contributed by atoms with Gasteiger partial charge in [0.15, 0.2) is 5.92 Å². The molecular weight excluding hydrogens is 272 g/mol. The summed E-state index contributed by atoms with van der Waals surface area (Å²) >= 11 is 0. The fraction of sp³-hybridized carbons (Fsp3) is 0.0667. The molecule has 21 heavy (non-hydrogen) atoms. The molecule has 0 spiro atoms. The van der Waals surface area contributed by atoms with Gasteiger partial charge in [0.05, 0.1) is 16.7 Å². The quantitative estimate of drug-likeness (QED) is 0.563. The molecule has 0 aliphatic rings. The van der Waals surface area contributed by atoms with Crippen LogP contribution in [0.25, 0.3) is 21.8 Å². The third-order valence-electron chi connectivity index (χ3n) is 3.24. The number of aromatic nitrogens is 2. The van der Waals surface area contributed by atoms with E-state index in [2.05, 4.69) is 9.97 Å². The molecule has 0 saturated carbocycles. The van der Waals surface area contributed by atoms with Crippen LogP contribution < -0.4 is 0 Å². The second-order valence-corrected chi connectivity index (χ2v) is 4.56. The third kappa shape index (κ3) is 2.16. The molecule has 6 heteroatoms. The summed E-state index contributed by atoms with van der Waals surface area (Å²) in [4.78, 5) is 30.7. The summed E-state index contributed by atoms with van der Waals surface area (Å²) in [6, 6.07) is 10.5. The molecule has 2 aromatic heterocycles. The summed E-state index contributed by atoms with van der Waals surface area (Å²) in [6.45, 7) is 0. The van der Waals surface area contributed by atoms with Crippen LogP contribution in [0.5, 0.6) is 0 Å². The molecule has 0 bridgehead atoms. The van der Waals surface area contributed by atoms with Crippen molar-refractivity contribution < 1.29 is 19.8 Å². The molecule has 0 amide bonds. The van der Waals surface area contributed by atoms with Gasteiger partial charge >= 0.3 is 11.9 Å². The Morgan fingerprint density at radius 2 is 1.52 bits per heavy atom. The first-order chi connectivity index (χ1) is 10.1. The molecule has 0 fully saturated rings. The highest BCUT2D eigenvalue weighted by atomic mass is 16.4. The van der Waals surface area contributed by atoms with E-state index in [4.69, 9.17) is 10.2 Å². The van der Waals surface area contributed by atoms with E-state index in [1.807, 2.05) is 18.2 Å². The van der Waals surface area contributed by atoms with E-state index in [9.17, 15) is 9.59 Å². The number of fused-ring (bicyclic) bond motifs is 3. The average molecular weight is 282 g/mol. The van der Waals surface area contributed by atoms with Gasteiger partial charge in [0.2, 0.25) is 0 Å². The first-order valence-corrected chi connectivity index (χ1v) is 6.18. The molecule has 3 aromatic rings. The van der Waals surface area contributed by atoms with E-state index < -0.39 is 17.9 Å². The smallest absolute Gasteiger partial charge is 0.324 e. The highest BCUT2D eigenvalue weighted by Gasteiger charge is 2.29. The molecule has 1 aromatic carbocycles. The van der Waals surface area contributed by atoms with Crippen LogP contribution in [0.4, 0.5) is 0 Å². The maximum atomic E-state index is 11.1. The third-order valence-corrected chi connectivity index (χ3v) is 3.24. The number of pyridine rings is 2. The van der Waals surface area contributed by atoms with Gasteiger partial charge in [0, 0.05) is 17.0 Å². The van der Waals surface area contributed by atoms with E-state index in [1.165, 1.54) is 6.07 Å². The van der Waals surface area contributed by atoms with Crippen LogP contribution in [0.3, 0.4) is 0 Å². The maximum Gasteiger partial charge on any atom is 0.324 e. The zero-order valence-corrected chi connectivity index (χ0v) is 10.7. The molecule has 6 nitrogen and oxygen atoms in total. The molecule has 104 valence electrons. The minimum atomic E-state index is -1.69. The Morgan fingerprint density at radius 1 is 0.905 bits per heavy atom. The number of hydrogen-bond donors (Lipinski definition) is 2.